The Kier molecular flexibility index (Phi) is 10.1. The van der Waals surface area contributed by atoms with E-state index in [9.17, 15) is 14.0 Å². The Balaban J connectivity index is 1.62. The number of carbonyl (C=O) groups excluding carboxylic acids is 2. The fourth-order valence-electron chi connectivity index (χ4n) is 4.13. The summed E-state index contributed by atoms with van der Waals surface area (Å²) in [6, 6.07) is 14.1. The van der Waals surface area contributed by atoms with Crippen LogP contribution in [0.3, 0.4) is 0 Å². The van der Waals surface area contributed by atoms with Crippen LogP contribution in [0, 0.1) is 5.82 Å². The summed E-state index contributed by atoms with van der Waals surface area (Å²) in [5.74, 6) is -0.156. The minimum atomic E-state index is -0.569. The van der Waals surface area contributed by atoms with Gasteiger partial charge in [0.15, 0.2) is 0 Å². The van der Waals surface area contributed by atoms with E-state index in [1.54, 1.807) is 24.0 Å². The van der Waals surface area contributed by atoms with E-state index in [0.29, 0.717) is 29.3 Å². The first-order valence-corrected chi connectivity index (χ1v) is 13.1. The topological polar surface area (TPSA) is 49.4 Å². The summed E-state index contributed by atoms with van der Waals surface area (Å²) < 4.78 is 14.1. The highest BCUT2D eigenvalue weighted by Gasteiger charge is 2.27. The molecule has 178 valence electrons. The summed E-state index contributed by atoms with van der Waals surface area (Å²) in [7, 11) is 0. The third kappa shape index (κ3) is 7.75. The molecule has 1 saturated carbocycles. The number of carbonyl (C=O) groups is 2. The van der Waals surface area contributed by atoms with Crippen LogP contribution in [0.15, 0.2) is 48.5 Å². The van der Waals surface area contributed by atoms with Crippen molar-refractivity contribution in [1.29, 1.82) is 0 Å². The molecule has 0 bridgehead atoms. The number of halogens is 2. The number of rotatable bonds is 10. The lowest BCUT2D eigenvalue weighted by atomic mass is 9.95. The average Bonchev–Trinajstić information content (AvgIpc) is 2.82. The summed E-state index contributed by atoms with van der Waals surface area (Å²) in [5, 5.41) is 3.50. The number of hydrogen-bond acceptors (Lipinski definition) is 3. The molecule has 2 aromatic carbocycles. The van der Waals surface area contributed by atoms with Crippen molar-refractivity contribution in [1.82, 2.24) is 10.2 Å². The Morgan fingerprint density at radius 1 is 1.12 bits per heavy atom. The highest BCUT2D eigenvalue weighted by atomic mass is 35.5. The van der Waals surface area contributed by atoms with Crippen LogP contribution in [0.5, 0.6) is 0 Å². The molecule has 2 amide bonds. The van der Waals surface area contributed by atoms with Gasteiger partial charge in [-0.15, -0.1) is 11.8 Å². The summed E-state index contributed by atoms with van der Waals surface area (Å²) in [6.07, 6.45) is 6.13. The summed E-state index contributed by atoms with van der Waals surface area (Å²) in [6.45, 7) is 2.24. The minimum absolute atomic E-state index is 0.106. The minimum Gasteiger partial charge on any atom is -0.352 e. The van der Waals surface area contributed by atoms with E-state index in [1.807, 2.05) is 30.3 Å². The molecule has 1 aliphatic rings. The van der Waals surface area contributed by atoms with Crippen LogP contribution in [-0.2, 0) is 21.8 Å². The van der Waals surface area contributed by atoms with E-state index in [0.717, 1.165) is 31.2 Å². The summed E-state index contributed by atoms with van der Waals surface area (Å²) >= 11 is 7.42. The molecule has 1 atom stereocenters. The molecule has 0 spiro atoms. The highest BCUT2D eigenvalue weighted by molar-refractivity contribution is 7.99. The SMILES string of the molecule is CC(C(=O)NC1CCCCC1)N(CCc1ccccc1)C(=O)CSCc1c(F)cccc1Cl. The number of thioether (sulfide) groups is 1. The Morgan fingerprint density at radius 3 is 2.55 bits per heavy atom. The van der Waals surface area contributed by atoms with Gasteiger partial charge in [-0.05, 0) is 43.9 Å². The average molecular weight is 491 g/mol. The maximum Gasteiger partial charge on any atom is 0.242 e. The molecular formula is C26H32ClFN2O2S. The predicted molar refractivity (Wildman–Crippen MR) is 134 cm³/mol. The number of nitrogens with one attached hydrogen (secondary N) is 1. The van der Waals surface area contributed by atoms with Gasteiger partial charge in [0.1, 0.15) is 11.9 Å². The van der Waals surface area contributed by atoms with E-state index in [2.05, 4.69) is 5.32 Å². The molecule has 1 aliphatic carbocycles. The lowest BCUT2D eigenvalue weighted by Gasteiger charge is -2.31. The molecule has 0 heterocycles. The quantitative estimate of drug-likeness (QED) is 0.470. The largest absolute Gasteiger partial charge is 0.352 e. The molecule has 0 radical (unpaired) electrons. The zero-order chi connectivity index (χ0) is 23.6. The van der Waals surface area contributed by atoms with Gasteiger partial charge in [-0.3, -0.25) is 9.59 Å². The zero-order valence-corrected chi connectivity index (χ0v) is 20.6. The molecule has 0 aliphatic heterocycles. The maximum absolute atomic E-state index is 14.1. The van der Waals surface area contributed by atoms with Crippen LogP contribution in [0.25, 0.3) is 0 Å². The lowest BCUT2D eigenvalue weighted by molar-refractivity contribution is -0.138. The van der Waals surface area contributed by atoms with E-state index >= 15 is 0 Å². The van der Waals surface area contributed by atoms with Crippen LogP contribution >= 0.6 is 23.4 Å². The van der Waals surface area contributed by atoms with E-state index in [-0.39, 0.29) is 29.4 Å². The monoisotopic (exact) mass is 490 g/mol. The Bertz CT molecular complexity index is 902. The van der Waals surface area contributed by atoms with Crippen molar-refractivity contribution in [2.45, 2.75) is 63.3 Å². The van der Waals surface area contributed by atoms with Crippen molar-refractivity contribution < 1.29 is 14.0 Å². The predicted octanol–water partition coefficient (Wildman–Crippen LogP) is 5.62. The van der Waals surface area contributed by atoms with E-state index in [1.165, 1.54) is 24.2 Å². The van der Waals surface area contributed by atoms with Crippen LogP contribution in [0.4, 0.5) is 4.39 Å². The van der Waals surface area contributed by atoms with Crippen molar-refractivity contribution in [3.8, 4) is 0 Å². The second-order valence-electron chi connectivity index (χ2n) is 8.54. The molecule has 4 nitrogen and oxygen atoms in total. The van der Waals surface area contributed by atoms with Gasteiger partial charge >= 0.3 is 0 Å². The van der Waals surface area contributed by atoms with Gasteiger partial charge in [0.25, 0.3) is 0 Å². The molecule has 1 unspecified atom stereocenters. The van der Waals surface area contributed by atoms with Gasteiger partial charge in [-0.2, -0.15) is 0 Å². The maximum atomic E-state index is 14.1. The zero-order valence-electron chi connectivity index (χ0n) is 19.1. The molecule has 1 N–H and O–H groups in total. The first-order valence-electron chi connectivity index (χ1n) is 11.6. The summed E-state index contributed by atoms with van der Waals surface area (Å²) in [5.41, 5.74) is 1.51. The Morgan fingerprint density at radius 2 is 1.85 bits per heavy atom. The fraction of sp³-hybridized carbons (Fsp3) is 0.462. The molecule has 3 rings (SSSR count). The van der Waals surface area contributed by atoms with Crippen LogP contribution in [0.1, 0.15) is 50.2 Å². The molecule has 7 heteroatoms. The number of benzene rings is 2. The highest BCUT2D eigenvalue weighted by Crippen LogP contribution is 2.24. The lowest BCUT2D eigenvalue weighted by Crippen LogP contribution is -2.51. The van der Waals surface area contributed by atoms with E-state index < -0.39 is 6.04 Å². The van der Waals surface area contributed by atoms with Crippen molar-refractivity contribution in [3.05, 3.63) is 70.5 Å². The van der Waals surface area contributed by atoms with Crippen LogP contribution < -0.4 is 5.32 Å². The molecule has 0 saturated heterocycles. The number of nitrogens with zero attached hydrogens (tertiary/aromatic N) is 1. The third-order valence-corrected chi connectivity index (χ3v) is 7.43. The second-order valence-corrected chi connectivity index (χ2v) is 9.93. The van der Waals surface area contributed by atoms with Gasteiger partial charge < -0.3 is 10.2 Å². The molecule has 33 heavy (non-hydrogen) atoms. The standard InChI is InChI=1S/C26H32ClFN2O2S/c1-19(26(32)29-21-11-6-3-7-12-21)30(16-15-20-9-4-2-5-10-20)25(31)18-33-17-22-23(27)13-8-14-24(22)28/h2,4-5,8-10,13-14,19,21H,3,6-7,11-12,15-18H2,1H3,(H,29,32). The summed E-state index contributed by atoms with van der Waals surface area (Å²) in [4.78, 5) is 27.8. The van der Waals surface area contributed by atoms with E-state index in [4.69, 9.17) is 11.6 Å². The van der Waals surface area contributed by atoms with Gasteiger partial charge in [-0.25, -0.2) is 4.39 Å². The Hall–Kier alpha value is -2.05. The first kappa shape index (κ1) is 25.6. The van der Waals surface area contributed by atoms with Crippen LogP contribution in [0.2, 0.25) is 5.02 Å². The second kappa shape index (κ2) is 13.0. The van der Waals surface area contributed by atoms with Crippen molar-refractivity contribution >= 4 is 35.2 Å². The Labute approximate surface area is 205 Å². The molecular weight excluding hydrogens is 459 g/mol. The van der Waals surface area contributed by atoms with Gasteiger partial charge in [0.2, 0.25) is 11.8 Å². The van der Waals surface area contributed by atoms with Crippen LogP contribution in [-0.4, -0.2) is 41.1 Å². The third-order valence-electron chi connectivity index (χ3n) is 6.14. The normalized spacial score (nSPS) is 15.1. The van der Waals surface area contributed by atoms with Crippen molar-refractivity contribution in [2.75, 3.05) is 12.3 Å². The number of amides is 2. The van der Waals surface area contributed by atoms with Gasteiger partial charge in [-0.1, -0.05) is 67.3 Å². The molecule has 1 fully saturated rings. The van der Waals surface area contributed by atoms with Gasteiger partial charge in [0, 0.05) is 28.9 Å². The molecule has 0 aromatic heterocycles. The smallest absolute Gasteiger partial charge is 0.242 e. The first-order chi connectivity index (χ1) is 16.0. The number of hydrogen-bond donors (Lipinski definition) is 1. The van der Waals surface area contributed by atoms with Gasteiger partial charge in [0.05, 0.1) is 5.75 Å². The molecule has 2 aromatic rings. The fourth-order valence-corrected chi connectivity index (χ4v) is 5.38. The van der Waals surface area contributed by atoms with Crippen molar-refractivity contribution in [3.63, 3.8) is 0 Å². The van der Waals surface area contributed by atoms with Crippen molar-refractivity contribution in [2.24, 2.45) is 0 Å².